The Labute approximate surface area is 146 Å². The van der Waals surface area contributed by atoms with Gasteiger partial charge in [-0.05, 0) is 31.0 Å². The lowest BCUT2D eigenvalue weighted by Gasteiger charge is -2.19. The molecule has 5 nitrogen and oxygen atoms in total. The van der Waals surface area contributed by atoms with E-state index >= 15 is 0 Å². The van der Waals surface area contributed by atoms with Crippen LogP contribution in [0.15, 0.2) is 17.0 Å². The standard InChI is InChI=1S/C13H16Cl2N2O3S.ClH/c1-20-12-2-11(15)13(3-10(12)14)21(18,19)17-6-8-4-16-5-9(8)7-17;/h2-3,8-9,16H,4-7H2,1H3;1H/t8-,9+;. The molecule has 2 aliphatic rings. The molecule has 2 fully saturated rings. The predicted molar refractivity (Wildman–Crippen MR) is 88.9 cm³/mol. The van der Waals surface area contributed by atoms with Gasteiger partial charge in [-0.15, -0.1) is 12.4 Å². The number of nitrogens with one attached hydrogen (secondary N) is 1. The van der Waals surface area contributed by atoms with Crippen molar-refractivity contribution in [2.24, 2.45) is 11.8 Å². The Morgan fingerprint density at radius 2 is 1.77 bits per heavy atom. The molecule has 0 amide bonds. The van der Waals surface area contributed by atoms with Crippen molar-refractivity contribution in [2.45, 2.75) is 4.90 Å². The maximum absolute atomic E-state index is 12.8. The summed E-state index contributed by atoms with van der Waals surface area (Å²) in [6, 6.07) is 2.81. The van der Waals surface area contributed by atoms with E-state index in [1.165, 1.54) is 23.5 Å². The summed E-state index contributed by atoms with van der Waals surface area (Å²) in [5.74, 6) is 1.13. The van der Waals surface area contributed by atoms with Gasteiger partial charge in [-0.3, -0.25) is 0 Å². The Morgan fingerprint density at radius 1 is 1.18 bits per heavy atom. The highest BCUT2D eigenvalue weighted by Gasteiger charge is 2.42. The molecule has 0 aliphatic carbocycles. The minimum atomic E-state index is -3.63. The van der Waals surface area contributed by atoms with Gasteiger partial charge in [0.2, 0.25) is 10.0 Å². The summed E-state index contributed by atoms with van der Waals surface area (Å²) >= 11 is 12.1. The number of fused-ring (bicyclic) bond motifs is 1. The van der Waals surface area contributed by atoms with Crippen molar-refractivity contribution in [1.82, 2.24) is 9.62 Å². The molecule has 22 heavy (non-hydrogen) atoms. The number of sulfonamides is 1. The number of halogens is 3. The Kier molecular flexibility index (Phi) is 5.52. The third-order valence-electron chi connectivity index (χ3n) is 4.18. The molecular weight excluding hydrogens is 371 g/mol. The van der Waals surface area contributed by atoms with E-state index in [2.05, 4.69) is 5.32 Å². The molecule has 9 heteroatoms. The van der Waals surface area contributed by atoms with Gasteiger partial charge in [-0.25, -0.2) is 8.42 Å². The Morgan fingerprint density at radius 3 is 2.32 bits per heavy atom. The van der Waals surface area contributed by atoms with E-state index in [4.69, 9.17) is 27.9 Å². The Balaban J connectivity index is 0.00000176. The minimum absolute atomic E-state index is 0. The van der Waals surface area contributed by atoms with Crippen LogP contribution in [0.1, 0.15) is 0 Å². The number of ether oxygens (including phenoxy) is 1. The van der Waals surface area contributed by atoms with Gasteiger partial charge >= 0.3 is 0 Å². The number of hydrogen-bond donors (Lipinski definition) is 1. The minimum Gasteiger partial charge on any atom is -0.495 e. The van der Waals surface area contributed by atoms with Gasteiger partial charge in [0, 0.05) is 19.2 Å². The average molecular weight is 388 g/mol. The monoisotopic (exact) mass is 386 g/mol. The third kappa shape index (κ3) is 3.05. The summed E-state index contributed by atoms with van der Waals surface area (Å²) < 4.78 is 32.1. The summed E-state index contributed by atoms with van der Waals surface area (Å²) in [4.78, 5) is 0.0444. The van der Waals surface area contributed by atoms with E-state index in [1.54, 1.807) is 0 Å². The van der Waals surface area contributed by atoms with Gasteiger partial charge in [0.1, 0.15) is 10.6 Å². The first-order chi connectivity index (χ1) is 9.93. The molecule has 0 radical (unpaired) electrons. The normalized spacial score (nSPS) is 24.9. The van der Waals surface area contributed by atoms with E-state index < -0.39 is 10.0 Å². The van der Waals surface area contributed by atoms with Crippen molar-refractivity contribution in [1.29, 1.82) is 0 Å². The first kappa shape index (κ1) is 18.1. The van der Waals surface area contributed by atoms with Crippen molar-refractivity contribution in [3.63, 3.8) is 0 Å². The fourth-order valence-corrected chi connectivity index (χ4v) is 5.39. The quantitative estimate of drug-likeness (QED) is 0.864. The second-order valence-corrected chi connectivity index (χ2v) is 8.14. The molecule has 0 bridgehead atoms. The highest BCUT2D eigenvalue weighted by Crippen LogP contribution is 2.37. The summed E-state index contributed by atoms with van der Waals surface area (Å²) in [5.41, 5.74) is 0. The van der Waals surface area contributed by atoms with Crippen LogP contribution in [0.25, 0.3) is 0 Å². The molecule has 2 heterocycles. The number of benzene rings is 1. The second kappa shape index (κ2) is 6.71. The first-order valence-electron chi connectivity index (χ1n) is 6.67. The molecule has 0 aromatic heterocycles. The first-order valence-corrected chi connectivity index (χ1v) is 8.87. The van der Waals surface area contributed by atoms with Gasteiger partial charge in [0.15, 0.2) is 0 Å². The zero-order valence-corrected chi connectivity index (χ0v) is 15.0. The maximum Gasteiger partial charge on any atom is 0.244 e. The molecule has 124 valence electrons. The van der Waals surface area contributed by atoms with Crippen LogP contribution in [0, 0.1) is 11.8 Å². The number of nitrogens with zero attached hydrogens (tertiary/aromatic N) is 1. The number of methoxy groups -OCH3 is 1. The molecule has 2 atom stereocenters. The van der Waals surface area contributed by atoms with Crippen LogP contribution in [0.3, 0.4) is 0 Å². The predicted octanol–water partition coefficient (Wildman–Crippen LogP) is 2.26. The molecule has 0 saturated carbocycles. The van der Waals surface area contributed by atoms with E-state index in [1.807, 2.05) is 0 Å². The highest BCUT2D eigenvalue weighted by atomic mass is 35.5. The number of rotatable bonds is 3. The molecule has 1 aromatic rings. The Hall–Kier alpha value is -0.240. The van der Waals surface area contributed by atoms with Crippen LogP contribution >= 0.6 is 35.6 Å². The van der Waals surface area contributed by atoms with Crippen LogP contribution in [-0.4, -0.2) is 46.0 Å². The van der Waals surface area contributed by atoms with Gasteiger partial charge in [0.05, 0.1) is 17.2 Å². The molecule has 2 aliphatic heterocycles. The van der Waals surface area contributed by atoms with Crippen LogP contribution in [0.4, 0.5) is 0 Å². The van der Waals surface area contributed by atoms with Crippen molar-refractivity contribution in [3.8, 4) is 5.75 Å². The lowest BCUT2D eigenvalue weighted by Crippen LogP contribution is -2.32. The molecule has 1 N–H and O–H groups in total. The molecule has 0 unspecified atom stereocenters. The number of hydrogen-bond acceptors (Lipinski definition) is 4. The summed E-state index contributed by atoms with van der Waals surface area (Å²) in [5, 5.41) is 3.65. The summed E-state index contributed by atoms with van der Waals surface area (Å²) in [7, 11) is -2.17. The van der Waals surface area contributed by atoms with Gasteiger partial charge in [-0.1, -0.05) is 23.2 Å². The van der Waals surface area contributed by atoms with Crippen molar-refractivity contribution >= 4 is 45.6 Å². The fraction of sp³-hybridized carbons (Fsp3) is 0.538. The highest BCUT2D eigenvalue weighted by molar-refractivity contribution is 7.89. The Bertz CT molecular complexity index is 657. The third-order valence-corrected chi connectivity index (χ3v) is 6.77. The summed E-state index contributed by atoms with van der Waals surface area (Å²) in [6.07, 6.45) is 0. The van der Waals surface area contributed by atoms with E-state index in [-0.39, 0.29) is 27.3 Å². The van der Waals surface area contributed by atoms with Gasteiger partial charge in [0.25, 0.3) is 0 Å². The topological polar surface area (TPSA) is 58.6 Å². The van der Waals surface area contributed by atoms with E-state index in [0.29, 0.717) is 30.7 Å². The second-order valence-electron chi connectivity index (χ2n) is 5.42. The molecule has 0 spiro atoms. The maximum atomic E-state index is 12.8. The van der Waals surface area contributed by atoms with Crippen LogP contribution in [0.2, 0.25) is 10.0 Å². The zero-order chi connectivity index (χ0) is 15.2. The van der Waals surface area contributed by atoms with Crippen molar-refractivity contribution in [3.05, 3.63) is 22.2 Å². The van der Waals surface area contributed by atoms with Gasteiger partial charge in [-0.2, -0.15) is 4.31 Å². The van der Waals surface area contributed by atoms with E-state index in [9.17, 15) is 8.42 Å². The van der Waals surface area contributed by atoms with Crippen LogP contribution < -0.4 is 10.1 Å². The van der Waals surface area contributed by atoms with Crippen LogP contribution in [0.5, 0.6) is 5.75 Å². The molecule has 2 saturated heterocycles. The lowest BCUT2D eigenvalue weighted by molar-refractivity contribution is 0.414. The smallest absolute Gasteiger partial charge is 0.244 e. The lowest BCUT2D eigenvalue weighted by atomic mass is 10.0. The largest absolute Gasteiger partial charge is 0.495 e. The summed E-state index contributed by atoms with van der Waals surface area (Å²) in [6.45, 7) is 2.79. The van der Waals surface area contributed by atoms with Crippen molar-refractivity contribution in [2.75, 3.05) is 33.3 Å². The zero-order valence-electron chi connectivity index (χ0n) is 11.9. The average Bonchev–Trinajstić information content (AvgIpc) is 3.01. The van der Waals surface area contributed by atoms with Gasteiger partial charge < -0.3 is 10.1 Å². The van der Waals surface area contributed by atoms with Crippen molar-refractivity contribution < 1.29 is 13.2 Å². The molecule has 3 rings (SSSR count). The van der Waals surface area contributed by atoms with Crippen LogP contribution in [-0.2, 0) is 10.0 Å². The molecular formula is C13H17Cl3N2O3S. The molecule has 1 aromatic carbocycles. The SMILES string of the molecule is COc1cc(Cl)c(S(=O)(=O)N2C[C@H]3CNC[C@H]3C2)cc1Cl.Cl. The van der Waals surface area contributed by atoms with E-state index in [0.717, 1.165) is 13.1 Å². The fourth-order valence-electron chi connectivity index (χ4n) is 3.01.